The Kier molecular flexibility index (Phi) is 3.76. The van der Waals surface area contributed by atoms with E-state index < -0.39 is 0 Å². The van der Waals surface area contributed by atoms with Gasteiger partial charge in [-0.2, -0.15) is 4.98 Å². The van der Waals surface area contributed by atoms with Gasteiger partial charge in [-0.05, 0) is 30.3 Å². The van der Waals surface area contributed by atoms with Crippen molar-refractivity contribution < 1.29 is 4.74 Å². The van der Waals surface area contributed by atoms with Crippen molar-refractivity contribution >= 4 is 44.8 Å². The van der Waals surface area contributed by atoms with Crippen molar-refractivity contribution in [3.05, 3.63) is 45.0 Å². The van der Waals surface area contributed by atoms with E-state index in [-0.39, 0.29) is 5.88 Å². The normalized spacial score (nSPS) is 10.3. The van der Waals surface area contributed by atoms with E-state index in [0.29, 0.717) is 21.6 Å². The predicted molar refractivity (Wildman–Crippen MR) is 72.9 cm³/mol. The average molecular weight is 334 g/mol. The summed E-state index contributed by atoms with van der Waals surface area (Å²) >= 11 is 15.1. The Bertz CT molecular complexity index is 563. The third-order valence-corrected chi connectivity index (χ3v) is 2.96. The van der Waals surface area contributed by atoms with Crippen LogP contribution in [0.4, 0.5) is 5.69 Å². The lowest BCUT2D eigenvalue weighted by atomic mass is 10.3. The number of halogens is 3. The van der Waals surface area contributed by atoms with Gasteiger partial charge in [-0.25, -0.2) is 0 Å². The summed E-state index contributed by atoms with van der Waals surface area (Å²) in [5.41, 5.74) is 6.12. The van der Waals surface area contributed by atoms with Gasteiger partial charge in [0, 0.05) is 4.47 Å². The van der Waals surface area contributed by atoms with Gasteiger partial charge in [-0.1, -0.05) is 39.1 Å². The van der Waals surface area contributed by atoms with E-state index in [0.717, 1.165) is 4.47 Å². The number of ether oxygens (including phenoxy) is 1. The Balaban J connectivity index is 2.34. The lowest BCUT2D eigenvalue weighted by molar-refractivity contribution is 0.466. The molecule has 0 atom stereocenters. The number of benzene rings is 1. The van der Waals surface area contributed by atoms with Crippen molar-refractivity contribution in [2.75, 3.05) is 5.73 Å². The number of nitrogens with zero attached hydrogens (tertiary/aromatic N) is 1. The summed E-state index contributed by atoms with van der Waals surface area (Å²) in [5.74, 6) is 0.707. The molecule has 0 fully saturated rings. The van der Waals surface area contributed by atoms with Crippen LogP contribution in [0.1, 0.15) is 0 Å². The lowest BCUT2D eigenvalue weighted by Crippen LogP contribution is -1.95. The van der Waals surface area contributed by atoms with Gasteiger partial charge < -0.3 is 10.5 Å². The standard InChI is InChI=1S/C11H7BrCl2N2O/c12-6-1-3-9(7(13)5-6)17-11-8(15)2-4-10(14)16-11/h1-5H,15H2. The van der Waals surface area contributed by atoms with E-state index in [4.69, 9.17) is 33.7 Å². The van der Waals surface area contributed by atoms with Crippen molar-refractivity contribution in [1.82, 2.24) is 4.98 Å². The molecular weight excluding hydrogens is 327 g/mol. The van der Waals surface area contributed by atoms with Crippen molar-refractivity contribution in [1.29, 1.82) is 0 Å². The first-order chi connectivity index (χ1) is 8.06. The van der Waals surface area contributed by atoms with E-state index in [9.17, 15) is 0 Å². The predicted octanol–water partition coefficient (Wildman–Crippen LogP) is 4.53. The molecule has 0 aliphatic carbocycles. The average Bonchev–Trinajstić information content (AvgIpc) is 2.27. The fourth-order valence-electron chi connectivity index (χ4n) is 1.17. The maximum atomic E-state index is 6.01. The molecule has 0 radical (unpaired) electrons. The molecule has 0 bridgehead atoms. The van der Waals surface area contributed by atoms with E-state index in [1.54, 1.807) is 24.3 Å². The molecule has 6 heteroatoms. The second-order valence-corrected chi connectivity index (χ2v) is 4.92. The second kappa shape index (κ2) is 5.12. The lowest BCUT2D eigenvalue weighted by Gasteiger charge is -2.09. The zero-order valence-electron chi connectivity index (χ0n) is 8.45. The van der Waals surface area contributed by atoms with E-state index >= 15 is 0 Å². The Morgan fingerprint density at radius 3 is 2.65 bits per heavy atom. The molecule has 0 saturated carbocycles. The molecule has 0 unspecified atom stereocenters. The highest BCUT2D eigenvalue weighted by atomic mass is 79.9. The van der Waals surface area contributed by atoms with Gasteiger partial charge in [0.2, 0.25) is 5.88 Å². The van der Waals surface area contributed by atoms with Crippen LogP contribution in [0.25, 0.3) is 0 Å². The molecule has 0 aliphatic heterocycles. The molecule has 2 N–H and O–H groups in total. The number of pyridine rings is 1. The number of hydrogen-bond acceptors (Lipinski definition) is 3. The molecule has 1 aromatic heterocycles. The van der Waals surface area contributed by atoms with Gasteiger partial charge in [0.1, 0.15) is 10.9 Å². The van der Waals surface area contributed by atoms with E-state index in [2.05, 4.69) is 20.9 Å². The summed E-state index contributed by atoms with van der Waals surface area (Å²) in [6.45, 7) is 0. The van der Waals surface area contributed by atoms with Crippen LogP contribution in [-0.2, 0) is 0 Å². The Morgan fingerprint density at radius 1 is 1.18 bits per heavy atom. The van der Waals surface area contributed by atoms with Crippen LogP contribution in [-0.4, -0.2) is 4.98 Å². The highest BCUT2D eigenvalue weighted by molar-refractivity contribution is 9.10. The minimum atomic E-state index is 0.238. The minimum absolute atomic E-state index is 0.238. The molecule has 88 valence electrons. The molecule has 3 nitrogen and oxygen atoms in total. The molecule has 1 heterocycles. The Hall–Kier alpha value is -0.970. The molecule has 2 rings (SSSR count). The number of nitrogen functional groups attached to an aromatic ring is 1. The van der Waals surface area contributed by atoms with Crippen LogP contribution in [0, 0.1) is 0 Å². The molecular formula is C11H7BrCl2N2O. The van der Waals surface area contributed by atoms with Gasteiger partial charge in [-0.3, -0.25) is 0 Å². The van der Waals surface area contributed by atoms with Gasteiger partial charge in [0.25, 0.3) is 0 Å². The van der Waals surface area contributed by atoms with Crippen LogP contribution in [0.2, 0.25) is 10.2 Å². The van der Waals surface area contributed by atoms with Gasteiger partial charge in [-0.15, -0.1) is 0 Å². The first-order valence-electron chi connectivity index (χ1n) is 4.61. The fraction of sp³-hybridized carbons (Fsp3) is 0. The number of nitrogens with two attached hydrogens (primary N) is 1. The molecule has 0 saturated heterocycles. The quantitative estimate of drug-likeness (QED) is 0.821. The van der Waals surface area contributed by atoms with Crippen molar-refractivity contribution in [2.45, 2.75) is 0 Å². The fourth-order valence-corrected chi connectivity index (χ4v) is 2.02. The number of anilines is 1. The topological polar surface area (TPSA) is 48.1 Å². The van der Waals surface area contributed by atoms with Crippen LogP contribution < -0.4 is 10.5 Å². The number of rotatable bonds is 2. The zero-order valence-corrected chi connectivity index (χ0v) is 11.6. The molecule has 0 amide bonds. The highest BCUT2D eigenvalue weighted by Gasteiger charge is 2.08. The van der Waals surface area contributed by atoms with E-state index in [1.807, 2.05) is 6.07 Å². The summed E-state index contributed by atoms with van der Waals surface area (Å²) in [6, 6.07) is 8.46. The summed E-state index contributed by atoms with van der Waals surface area (Å²) in [7, 11) is 0. The van der Waals surface area contributed by atoms with Gasteiger partial charge in [0.15, 0.2) is 0 Å². The van der Waals surface area contributed by atoms with Crippen LogP contribution in [0.5, 0.6) is 11.6 Å². The van der Waals surface area contributed by atoms with Crippen molar-refractivity contribution in [3.63, 3.8) is 0 Å². The minimum Gasteiger partial charge on any atom is -0.435 e. The first kappa shape index (κ1) is 12.5. The third kappa shape index (κ3) is 3.03. The molecule has 2 aromatic rings. The Labute approximate surface area is 117 Å². The van der Waals surface area contributed by atoms with Crippen LogP contribution in [0.3, 0.4) is 0 Å². The van der Waals surface area contributed by atoms with Crippen molar-refractivity contribution in [2.24, 2.45) is 0 Å². The van der Waals surface area contributed by atoms with Crippen LogP contribution in [0.15, 0.2) is 34.8 Å². The summed E-state index contributed by atoms with van der Waals surface area (Å²) in [6.07, 6.45) is 0. The third-order valence-electron chi connectivity index (χ3n) is 1.96. The van der Waals surface area contributed by atoms with Gasteiger partial charge >= 0.3 is 0 Å². The summed E-state index contributed by atoms with van der Waals surface area (Å²) in [5, 5.41) is 0.767. The first-order valence-corrected chi connectivity index (χ1v) is 6.16. The molecule has 17 heavy (non-hydrogen) atoms. The monoisotopic (exact) mass is 332 g/mol. The maximum absolute atomic E-state index is 6.01. The Morgan fingerprint density at radius 2 is 1.94 bits per heavy atom. The smallest absolute Gasteiger partial charge is 0.244 e. The highest BCUT2D eigenvalue weighted by Crippen LogP contribution is 2.33. The second-order valence-electron chi connectivity index (χ2n) is 3.21. The zero-order chi connectivity index (χ0) is 12.4. The van der Waals surface area contributed by atoms with Crippen molar-refractivity contribution in [3.8, 4) is 11.6 Å². The molecule has 0 aliphatic rings. The summed E-state index contributed by atoms with van der Waals surface area (Å²) < 4.78 is 6.37. The van der Waals surface area contributed by atoms with E-state index in [1.165, 1.54) is 0 Å². The summed E-state index contributed by atoms with van der Waals surface area (Å²) in [4.78, 5) is 3.98. The number of aromatic nitrogens is 1. The largest absolute Gasteiger partial charge is 0.435 e. The van der Waals surface area contributed by atoms with Gasteiger partial charge in [0.05, 0.1) is 10.7 Å². The van der Waals surface area contributed by atoms with Crippen LogP contribution >= 0.6 is 39.1 Å². The molecule has 1 aromatic carbocycles. The molecule has 0 spiro atoms. The maximum Gasteiger partial charge on any atom is 0.244 e. The SMILES string of the molecule is Nc1ccc(Cl)nc1Oc1ccc(Br)cc1Cl. The number of hydrogen-bond donors (Lipinski definition) is 1.